The number of aliphatic hydroxyl groups excluding tert-OH is 1. The molecule has 0 unspecified atom stereocenters. The molecule has 1 aromatic rings. The minimum Gasteiger partial charge on any atom is -0.493 e. The number of benzene rings is 1. The van der Waals surface area contributed by atoms with E-state index in [-0.39, 0.29) is 0 Å². The predicted molar refractivity (Wildman–Crippen MR) is 88.4 cm³/mol. The molecule has 4 nitrogen and oxygen atoms in total. The van der Waals surface area contributed by atoms with Crippen LogP contribution in [0.4, 0.5) is 0 Å². The second-order valence-electron chi connectivity index (χ2n) is 6.42. The summed E-state index contributed by atoms with van der Waals surface area (Å²) in [6.07, 6.45) is 4.76. The molecule has 2 rings (SSSR count). The SMILES string of the molecule is COc1ccc(CNCC2([C@@H](C)CCO)CCC2)cc1OC. The number of nitrogens with one attached hydrogen (secondary N) is 1. The van der Waals surface area contributed by atoms with Crippen molar-refractivity contribution in [2.75, 3.05) is 27.4 Å². The smallest absolute Gasteiger partial charge is 0.161 e. The van der Waals surface area contributed by atoms with Crippen molar-refractivity contribution in [3.63, 3.8) is 0 Å². The number of rotatable bonds is 9. The third-order valence-corrected chi connectivity index (χ3v) is 5.21. The fraction of sp³-hybridized carbons (Fsp3) is 0.667. The van der Waals surface area contributed by atoms with Crippen LogP contribution in [0.15, 0.2) is 18.2 Å². The van der Waals surface area contributed by atoms with Crippen LogP contribution < -0.4 is 14.8 Å². The van der Waals surface area contributed by atoms with Crippen molar-refractivity contribution >= 4 is 0 Å². The van der Waals surface area contributed by atoms with Crippen molar-refractivity contribution in [2.45, 2.75) is 39.2 Å². The Kier molecular flexibility index (Phi) is 6.09. The Morgan fingerprint density at radius 1 is 1.23 bits per heavy atom. The van der Waals surface area contributed by atoms with E-state index in [1.807, 2.05) is 12.1 Å². The van der Waals surface area contributed by atoms with Crippen LogP contribution in [0.25, 0.3) is 0 Å². The topological polar surface area (TPSA) is 50.7 Å². The van der Waals surface area contributed by atoms with Crippen LogP contribution in [0.1, 0.15) is 38.2 Å². The molecular formula is C18H29NO3. The van der Waals surface area contributed by atoms with Gasteiger partial charge in [0.25, 0.3) is 0 Å². The molecule has 2 N–H and O–H groups in total. The minimum atomic E-state index is 0.290. The first-order valence-electron chi connectivity index (χ1n) is 8.17. The van der Waals surface area contributed by atoms with Crippen molar-refractivity contribution in [1.82, 2.24) is 5.32 Å². The maximum atomic E-state index is 9.18. The van der Waals surface area contributed by atoms with Crippen molar-refractivity contribution in [3.8, 4) is 11.5 Å². The Labute approximate surface area is 133 Å². The van der Waals surface area contributed by atoms with Crippen LogP contribution in [-0.2, 0) is 6.54 Å². The van der Waals surface area contributed by atoms with E-state index in [0.29, 0.717) is 17.9 Å². The summed E-state index contributed by atoms with van der Waals surface area (Å²) >= 11 is 0. The molecule has 4 heteroatoms. The average molecular weight is 307 g/mol. The molecule has 124 valence electrons. The molecule has 1 aliphatic carbocycles. The van der Waals surface area contributed by atoms with E-state index in [0.717, 1.165) is 31.0 Å². The van der Waals surface area contributed by atoms with Gasteiger partial charge in [-0.1, -0.05) is 19.4 Å². The standard InChI is InChI=1S/C18H29NO3/c1-14(7-10-20)18(8-4-9-18)13-19-12-15-5-6-16(21-2)17(11-15)22-3/h5-6,11,14,19-20H,4,7-10,12-13H2,1-3H3/t14-/m0/s1. The van der Waals surface area contributed by atoms with Gasteiger partial charge in [-0.15, -0.1) is 0 Å². The second-order valence-corrected chi connectivity index (χ2v) is 6.42. The molecule has 0 spiro atoms. The molecule has 1 aliphatic rings. The number of aliphatic hydroxyl groups is 1. The highest BCUT2D eigenvalue weighted by Crippen LogP contribution is 2.47. The lowest BCUT2D eigenvalue weighted by Gasteiger charge is -2.47. The Bertz CT molecular complexity index is 471. The van der Waals surface area contributed by atoms with Gasteiger partial charge in [-0.2, -0.15) is 0 Å². The molecule has 1 fully saturated rings. The number of hydrogen-bond acceptors (Lipinski definition) is 4. The first kappa shape index (κ1) is 17.1. The van der Waals surface area contributed by atoms with Gasteiger partial charge in [0.15, 0.2) is 11.5 Å². The van der Waals surface area contributed by atoms with E-state index in [2.05, 4.69) is 18.3 Å². The maximum absolute atomic E-state index is 9.18. The molecule has 1 saturated carbocycles. The van der Waals surface area contributed by atoms with E-state index in [1.165, 1.54) is 24.8 Å². The van der Waals surface area contributed by atoms with Crippen LogP contribution in [0, 0.1) is 11.3 Å². The molecule has 0 amide bonds. The first-order chi connectivity index (χ1) is 10.6. The van der Waals surface area contributed by atoms with Crippen LogP contribution in [0.2, 0.25) is 0 Å². The van der Waals surface area contributed by atoms with Gasteiger partial charge in [0.2, 0.25) is 0 Å². The van der Waals surface area contributed by atoms with Gasteiger partial charge in [-0.05, 0) is 48.3 Å². The van der Waals surface area contributed by atoms with Gasteiger partial charge in [0.05, 0.1) is 14.2 Å². The summed E-state index contributed by atoms with van der Waals surface area (Å²) in [6, 6.07) is 6.04. The minimum absolute atomic E-state index is 0.290. The molecule has 1 atom stereocenters. The molecule has 0 bridgehead atoms. The number of hydrogen-bond donors (Lipinski definition) is 2. The maximum Gasteiger partial charge on any atom is 0.161 e. The van der Waals surface area contributed by atoms with Crippen LogP contribution in [0.3, 0.4) is 0 Å². The fourth-order valence-corrected chi connectivity index (χ4v) is 3.42. The molecular weight excluding hydrogens is 278 g/mol. The normalized spacial score (nSPS) is 17.6. The van der Waals surface area contributed by atoms with Crippen molar-refractivity contribution < 1.29 is 14.6 Å². The van der Waals surface area contributed by atoms with E-state index >= 15 is 0 Å². The van der Waals surface area contributed by atoms with Crippen molar-refractivity contribution in [2.24, 2.45) is 11.3 Å². The Morgan fingerprint density at radius 2 is 1.95 bits per heavy atom. The molecule has 0 saturated heterocycles. The van der Waals surface area contributed by atoms with E-state index in [9.17, 15) is 5.11 Å². The Morgan fingerprint density at radius 3 is 2.50 bits per heavy atom. The summed E-state index contributed by atoms with van der Waals surface area (Å²) in [6.45, 7) is 4.41. The highest BCUT2D eigenvalue weighted by molar-refractivity contribution is 5.42. The molecule has 0 aliphatic heterocycles. The number of ether oxygens (including phenoxy) is 2. The highest BCUT2D eigenvalue weighted by atomic mass is 16.5. The predicted octanol–water partition coefficient (Wildman–Crippen LogP) is 2.98. The molecule has 0 heterocycles. The average Bonchev–Trinajstić information content (AvgIpc) is 2.49. The largest absolute Gasteiger partial charge is 0.493 e. The summed E-state index contributed by atoms with van der Waals surface area (Å²) in [7, 11) is 3.31. The van der Waals surface area contributed by atoms with E-state index in [1.54, 1.807) is 14.2 Å². The lowest BCUT2D eigenvalue weighted by Crippen LogP contribution is -2.44. The van der Waals surface area contributed by atoms with E-state index < -0.39 is 0 Å². The van der Waals surface area contributed by atoms with Gasteiger partial charge in [0.1, 0.15) is 0 Å². The van der Waals surface area contributed by atoms with Gasteiger partial charge < -0.3 is 19.9 Å². The quantitative estimate of drug-likeness (QED) is 0.736. The third-order valence-electron chi connectivity index (χ3n) is 5.21. The van der Waals surface area contributed by atoms with Crippen LogP contribution in [-0.4, -0.2) is 32.5 Å². The zero-order chi connectivity index (χ0) is 16.0. The fourth-order valence-electron chi connectivity index (χ4n) is 3.42. The zero-order valence-electron chi connectivity index (χ0n) is 14.0. The van der Waals surface area contributed by atoms with Crippen molar-refractivity contribution in [3.05, 3.63) is 23.8 Å². The van der Waals surface area contributed by atoms with E-state index in [4.69, 9.17) is 9.47 Å². The van der Waals surface area contributed by atoms with Gasteiger partial charge in [-0.3, -0.25) is 0 Å². The molecule has 1 aromatic carbocycles. The highest BCUT2D eigenvalue weighted by Gasteiger charge is 2.40. The third kappa shape index (κ3) is 3.73. The summed E-state index contributed by atoms with van der Waals surface area (Å²) in [4.78, 5) is 0. The Hall–Kier alpha value is -1.26. The van der Waals surface area contributed by atoms with Crippen LogP contribution in [0.5, 0.6) is 11.5 Å². The Balaban J connectivity index is 1.90. The number of methoxy groups -OCH3 is 2. The summed E-state index contributed by atoms with van der Waals surface area (Å²) < 4.78 is 10.6. The summed E-state index contributed by atoms with van der Waals surface area (Å²) in [5.41, 5.74) is 1.57. The van der Waals surface area contributed by atoms with Gasteiger partial charge in [-0.25, -0.2) is 0 Å². The first-order valence-corrected chi connectivity index (χ1v) is 8.17. The van der Waals surface area contributed by atoms with Gasteiger partial charge >= 0.3 is 0 Å². The summed E-state index contributed by atoms with van der Waals surface area (Å²) in [5, 5.41) is 12.8. The van der Waals surface area contributed by atoms with Crippen LogP contribution >= 0.6 is 0 Å². The monoisotopic (exact) mass is 307 g/mol. The lowest BCUT2D eigenvalue weighted by molar-refractivity contribution is 0.0427. The van der Waals surface area contributed by atoms with Gasteiger partial charge in [0, 0.05) is 19.7 Å². The molecule has 22 heavy (non-hydrogen) atoms. The summed E-state index contributed by atoms with van der Waals surface area (Å²) in [5.74, 6) is 2.11. The second kappa shape index (κ2) is 7.84. The molecule has 0 radical (unpaired) electrons. The zero-order valence-corrected chi connectivity index (χ0v) is 14.0. The molecule has 0 aromatic heterocycles. The van der Waals surface area contributed by atoms with Crippen molar-refractivity contribution in [1.29, 1.82) is 0 Å². The lowest BCUT2D eigenvalue weighted by atomic mass is 9.60.